The van der Waals surface area contributed by atoms with Gasteiger partial charge in [-0.25, -0.2) is 0 Å². The summed E-state index contributed by atoms with van der Waals surface area (Å²) in [5, 5.41) is 4.16. The van der Waals surface area contributed by atoms with Gasteiger partial charge in [-0.2, -0.15) is 5.10 Å². The van der Waals surface area contributed by atoms with Crippen molar-refractivity contribution in [1.82, 2.24) is 9.78 Å². The zero-order valence-electron chi connectivity index (χ0n) is 8.47. The smallest absolute Gasteiger partial charge is 0.128 e. The van der Waals surface area contributed by atoms with Crippen LogP contribution in [0, 0.1) is 19.0 Å². The lowest BCUT2D eigenvalue weighted by Gasteiger charge is -2.06. The standard InChI is InChI=1S/C10H16BrN2/c1-8(2)5-4-6-13-9(3)10(11)7-12-13/h8H,4-6H2,1-3H3. The molecule has 0 spiro atoms. The van der Waals surface area contributed by atoms with Crippen molar-refractivity contribution in [2.24, 2.45) is 5.92 Å². The highest BCUT2D eigenvalue weighted by Gasteiger charge is 2.03. The first-order valence-corrected chi connectivity index (χ1v) is 5.51. The Morgan fingerprint density at radius 3 is 2.69 bits per heavy atom. The van der Waals surface area contributed by atoms with Gasteiger partial charge in [0.15, 0.2) is 0 Å². The molecule has 0 fully saturated rings. The SMILES string of the molecule is Cc1c(Br)[c]nn1CCCC(C)C. The first-order valence-electron chi connectivity index (χ1n) is 4.72. The molecule has 2 nitrogen and oxygen atoms in total. The highest BCUT2D eigenvalue weighted by molar-refractivity contribution is 9.10. The van der Waals surface area contributed by atoms with Crippen molar-refractivity contribution in [2.75, 3.05) is 0 Å². The highest BCUT2D eigenvalue weighted by Crippen LogP contribution is 2.14. The summed E-state index contributed by atoms with van der Waals surface area (Å²) >= 11 is 3.40. The van der Waals surface area contributed by atoms with E-state index in [0.29, 0.717) is 0 Å². The number of hydrogen-bond donors (Lipinski definition) is 0. The van der Waals surface area contributed by atoms with Crippen LogP contribution >= 0.6 is 15.9 Å². The molecule has 0 aliphatic carbocycles. The number of hydrogen-bond acceptors (Lipinski definition) is 1. The van der Waals surface area contributed by atoms with Crippen molar-refractivity contribution in [3.63, 3.8) is 0 Å². The summed E-state index contributed by atoms with van der Waals surface area (Å²) in [5.74, 6) is 0.781. The third kappa shape index (κ3) is 3.14. The summed E-state index contributed by atoms with van der Waals surface area (Å²) in [5.41, 5.74) is 1.17. The summed E-state index contributed by atoms with van der Waals surface area (Å²) in [7, 11) is 0. The monoisotopic (exact) mass is 243 g/mol. The molecule has 0 aliphatic heterocycles. The predicted octanol–water partition coefficient (Wildman–Crippen LogP) is 3.19. The maximum absolute atomic E-state index is 4.16. The molecule has 1 heterocycles. The highest BCUT2D eigenvalue weighted by atomic mass is 79.9. The van der Waals surface area contributed by atoms with Gasteiger partial charge < -0.3 is 0 Å². The molecule has 1 rings (SSSR count). The van der Waals surface area contributed by atoms with E-state index in [1.165, 1.54) is 18.5 Å². The zero-order chi connectivity index (χ0) is 9.84. The lowest BCUT2D eigenvalue weighted by Crippen LogP contribution is -2.03. The van der Waals surface area contributed by atoms with Gasteiger partial charge in [-0.3, -0.25) is 4.68 Å². The fourth-order valence-electron chi connectivity index (χ4n) is 1.24. The van der Waals surface area contributed by atoms with Crippen LogP contribution < -0.4 is 0 Å². The Labute approximate surface area is 88.5 Å². The average Bonchev–Trinajstić information content (AvgIpc) is 2.35. The van der Waals surface area contributed by atoms with Crippen LogP contribution in [0.25, 0.3) is 0 Å². The first-order chi connectivity index (χ1) is 6.11. The van der Waals surface area contributed by atoms with E-state index >= 15 is 0 Å². The van der Waals surface area contributed by atoms with E-state index in [2.05, 4.69) is 48.0 Å². The molecule has 0 saturated heterocycles. The van der Waals surface area contributed by atoms with Gasteiger partial charge in [-0.1, -0.05) is 13.8 Å². The number of aromatic nitrogens is 2. The predicted molar refractivity (Wildman–Crippen MR) is 57.6 cm³/mol. The van der Waals surface area contributed by atoms with Gasteiger partial charge in [0.05, 0.1) is 10.2 Å². The van der Waals surface area contributed by atoms with Crippen LogP contribution in [0.2, 0.25) is 0 Å². The Morgan fingerprint density at radius 1 is 1.54 bits per heavy atom. The lowest BCUT2D eigenvalue weighted by molar-refractivity contribution is 0.484. The summed E-state index contributed by atoms with van der Waals surface area (Å²) in [6.45, 7) is 7.56. The van der Waals surface area contributed by atoms with Gasteiger partial charge in [-0.15, -0.1) is 0 Å². The van der Waals surface area contributed by atoms with Gasteiger partial charge in [0.2, 0.25) is 0 Å². The second-order valence-electron chi connectivity index (χ2n) is 3.77. The van der Waals surface area contributed by atoms with Crippen LogP contribution in [0.4, 0.5) is 0 Å². The molecule has 0 saturated carbocycles. The van der Waals surface area contributed by atoms with E-state index in [9.17, 15) is 0 Å². The molecule has 73 valence electrons. The first kappa shape index (κ1) is 10.8. The van der Waals surface area contributed by atoms with E-state index < -0.39 is 0 Å². The quantitative estimate of drug-likeness (QED) is 0.795. The van der Waals surface area contributed by atoms with Crippen LogP contribution in [0.1, 0.15) is 32.4 Å². The van der Waals surface area contributed by atoms with E-state index in [0.717, 1.165) is 16.9 Å². The maximum Gasteiger partial charge on any atom is 0.128 e. The average molecular weight is 244 g/mol. The van der Waals surface area contributed by atoms with Crippen molar-refractivity contribution < 1.29 is 0 Å². The minimum absolute atomic E-state index is 0.781. The minimum atomic E-state index is 0.781. The van der Waals surface area contributed by atoms with Crippen LogP contribution in [-0.2, 0) is 6.54 Å². The lowest BCUT2D eigenvalue weighted by atomic mass is 10.1. The van der Waals surface area contributed by atoms with Crippen LogP contribution in [-0.4, -0.2) is 9.78 Å². The fraction of sp³-hybridized carbons (Fsp3) is 0.700. The maximum atomic E-state index is 4.16. The van der Waals surface area contributed by atoms with Crippen molar-refractivity contribution in [2.45, 2.75) is 40.2 Å². The number of aryl methyl sites for hydroxylation is 1. The van der Waals surface area contributed by atoms with Crippen LogP contribution in [0.5, 0.6) is 0 Å². The van der Waals surface area contributed by atoms with Crippen LogP contribution in [0.15, 0.2) is 4.47 Å². The molecule has 0 aliphatic rings. The Bertz CT molecular complexity index is 266. The van der Waals surface area contributed by atoms with Gasteiger partial charge in [0, 0.05) is 6.54 Å². The second-order valence-corrected chi connectivity index (χ2v) is 4.56. The fourth-order valence-corrected chi connectivity index (χ4v) is 1.52. The molecule has 3 heteroatoms. The molecule has 0 unspecified atom stereocenters. The summed E-state index contributed by atoms with van der Waals surface area (Å²) < 4.78 is 2.99. The van der Waals surface area contributed by atoms with Gasteiger partial charge >= 0.3 is 0 Å². The Morgan fingerprint density at radius 2 is 2.23 bits per heavy atom. The molecular formula is C10H16BrN2. The Kier molecular flexibility index (Phi) is 3.97. The third-order valence-electron chi connectivity index (χ3n) is 2.13. The zero-order valence-corrected chi connectivity index (χ0v) is 10.1. The summed E-state index contributed by atoms with van der Waals surface area (Å²) in [6.07, 6.45) is 5.36. The van der Waals surface area contributed by atoms with Crippen LogP contribution in [0.3, 0.4) is 0 Å². The van der Waals surface area contributed by atoms with Gasteiger partial charge in [0.25, 0.3) is 0 Å². The molecule has 0 N–H and O–H groups in total. The summed E-state index contributed by atoms with van der Waals surface area (Å²) in [4.78, 5) is 0. The third-order valence-corrected chi connectivity index (χ3v) is 2.88. The largest absolute Gasteiger partial charge is 0.268 e. The van der Waals surface area contributed by atoms with E-state index in [-0.39, 0.29) is 0 Å². The molecule has 0 bridgehead atoms. The number of rotatable bonds is 4. The van der Waals surface area contributed by atoms with Crippen molar-refractivity contribution in [3.8, 4) is 0 Å². The topological polar surface area (TPSA) is 17.8 Å². The minimum Gasteiger partial charge on any atom is -0.268 e. The molecule has 0 atom stereocenters. The van der Waals surface area contributed by atoms with Crippen molar-refractivity contribution >= 4 is 15.9 Å². The normalized spacial score (nSPS) is 11.2. The number of halogens is 1. The van der Waals surface area contributed by atoms with Gasteiger partial charge in [0.1, 0.15) is 6.20 Å². The van der Waals surface area contributed by atoms with Crippen molar-refractivity contribution in [1.29, 1.82) is 0 Å². The summed E-state index contributed by atoms with van der Waals surface area (Å²) in [6, 6.07) is 0. The molecule has 13 heavy (non-hydrogen) atoms. The van der Waals surface area contributed by atoms with Gasteiger partial charge in [-0.05, 0) is 41.6 Å². The molecule has 0 aromatic carbocycles. The van der Waals surface area contributed by atoms with E-state index in [4.69, 9.17) is 0 Å². The van der Waals surface area contributed by atoms with E-state index in [1.54, 1.807) is 0 Å². The molecule has 0 amide bonds. The molecule has 1 aromatic heterocycles. The Balaban J connectivity index is 2.41. The van der Waals surface area contributed by atoms with Crippen molar-refractivity contribution in [3.05, 3.63) is 16.4 Å². The van der Waals surface area contributed by atoms with E-state index in [1.807, 2.05) is 4.68 Å². The Hall–Kier alpha value is -0.310. The number of nitrogens with zero attached hydrogens (tertiary/aromatic N) is 2. The molecule has 1 aromatic rings. The molecule has 1 radical (unpaired) electrons. The second kappa shape index (κ2) is 4.80. The molecular weight excluding hydrogens is 228 g/mol.